The first-order valence-electron chi connectivity index (χ1n) is 9.05. The van der Waals surface area contributed by atoms with E-state index < -0.39 is 4.92 Å². The number of nitrogens with zero attached hydrogens (tertiary/aromatic N) is 2. The molecule has 1 atom stereocenters. The monoisotopic (exact) mass is 401 g/mol. The molecule has 2 aromatic carbocycles. The van der Waals surface area contributed by atoms with E-state index in [1.807, 2.05) is 12.1 Å². The lowest BCUT2D eigenvalue weighted by molar-refractivity contribution is -0.385. The van der Waals surface area contributed by atoms with Gasteiger partial charge in [0.2, 0.25) is 0 Å². The first-order valence-corrected chi connectivity index (χ1v) is 10.0. The smallest absolute Gasteiger partial charge is 0.270 e. The van der Waals surface area contributed by atoms with Crippen LogP contribution in [-0.4, -0.2) is 16.9 Å². The van der Waals surface area contributed by atoms with Gasteiger partial charge < -0.3 is 15.2 Å². The minimum absolute atomic E-state index is 0.0135. The number of hydrogen-bond acceptors (Lipinski definition) is 6. The third kappa shape index (κ3) is 4.82. The highest BCUT2D eigenvalue weighted by Gasteiger charge is 2.21. The molecule has 28 heavy (non-hydrogen) atoms. The number of aliphatic imine (C=N–C) groups is 1. The SMILES string of the molecule is CC[C@@H](C)c1ccc(N=C(N)SCc2cc([N+](=O)[O-])cc3c2OCOC3)cc1. The van der Waals surface area contributed by atoms with Crippen LogP contribution in [0.2, 0.25) is 0 Å². The fraction of sp³-hybridized carbons (Fsp3) is 0.350. The molecule has 3 rings (SSSR count). The Bertz CT molecular complexity index is 884. The van der Waals surface area contributed by atoms with Crippen LogP contribution >= 0.6 is 11.8 Å². The fourth-order valence-corrected chi connectivity index (χ4v) is 3.61. The standard InChI is InChI=1S/C20H23N3O4S/c1-3-13(2)14-4-6-17(7-5-14)22-20(21)28-11-16-9-18(23(24)25)8-15-10-26-12-27-19(15)16/h4-9,13H,3,10-12H2,1-2H3,(H2,21,22)/t13-/m1/s1. The number of rotatable bonds is 6. The van der Waals surface area contributed by atoms with Gasteiger partial charge in [0.05, 0.1) is 17.2 Å². The summed E-state index contributed by atoms with van der Waals surface area (Å²) in [6.45, 7) is 4.78. The molecule has 0 unspecified atom stereocenters. The van der Waals surface area contributed by atoms with Gasteiger partial charge in [-0.2, -0.15) is 0 Å². The predicted octanol–water partition coefficient (Wildman–Crippen LogP) is 4.85. The number of amidine groups is 1. The number of nitro groups is 1. The van der Waals surface area contributed by atoms with E-state index in [2.05, 4.69) is 31.0 Å². The number of nitrogens with two attached hydrogens (primary N) is 1. The molecule has 0 spiro atoms. The largest absolute Gasteiger partial charge is 0.467 e. The Labute approximate surface area is 168 Å². The molecule has 2 N–H and O–H groups in total. The highest BCUT2D eigenvalue weighted by molar-refractivity contribution is 8.13. The first kappa shape index (κ1) is 20.2. The Morgan fingerprint density at radius 2 is 2.11 bits per heavy atom. The van der Waals surface area contributed by atoms with Gasteiger partial charge in [-0.15, -0.1) is 0 Å². The maximum absolute atomic E-state index is 11.2. The summed E-state index contributed by atoms with van der Waals surface area (Å²) in [6, 6.07) is 11.0. The van der Waals surface area contributed by atoms with Crippen molar-refractivity contribution >= 4 is 28.3 Å². The summed E-state index contributed by atoms with van der Waals surface area (Å²) in [5, 5.41) is 11.6. The lowest BCUT2D eigenvalue weighted by Crippen LogP contribution is -2.14. The predicted molar refractivity (Wildman–Crippen MR) is 111 cm³/mol. The Morgan fingerprint density at radius 3 is 2.79 bits per heavy atom. The van der Waals surface area contributed by atoms with E-state index in [0.717, 1.165) is 12.1 Å². The highest BCUT2D eigenvalue weighted by Crippen LogP contribution is 2.35. The molecule has 0 aromatic heterocycles. The Balaban J connectivity index is 1.73. The van der Waals surface area contributed by atoms with E-state index in [0.29, 0.717) is 40.3 Å². The van der Waals surface area contributed by atoms with Crippen molar-refractivity contribution in [1.82, 2.24) is 0 Å². The van der Waals surface area contributed by atoms with Crippen molar-refractivity contribution in [2.75, 3.05) is 6.79 Å². The van der Waals surface area contributed by atoms with E-state index in [1.165, 1.54) is 29.5 Å². The first-order chi connectivity index (χ1) is 13.5. The quantitative estimate of drug-likeness (QED) is 0.321. The zero-order chi connectivity index (χ0) is 20.1. The molecule has 0 radical (unpaired) electrons. The molecule has 0 saturated carbocycles. The summed E-state index contributed by atoms with van der Waals surface area (Å²) in [5.41, 5.74) is 9.52. The molecule has 0 fully saturated rings. The van der Waals surface area contributed by atoms with Crippen LogP contribution < -0.4 is 10.5 Å². The average Bonchev–Trinajstić information content (AvgIpc) is 2.71. The number of hydrogen-bond donors (Lipinski definition) is 1. The Morgan fingerprint density at radius 1 is 1.36 bits per heavy atom. The Kier molecular flexibility index (Phi) is 6.53. The van der Waals surface area contributed by atoms with Crippen molar-refractivity contribution in [1.29, 1.82) is 0 Å². The van der Waals surface area contributed by atoms with Gasteiger partial charge in [-0.25, -0.2) is 4.99 Å². The number of thioether (sulfide) groups is 1. The molecular weight excluding hydrogens is 378 g/mol. The van der Waals surface area contributed by atoms with Gasteiger partial charge in [0.15, 0.2) is 12.0 Å². The van der Waals surface area contributed by atoms with Crippen LogP contribution in [0.1, 0.15) is 42.9 Å². The van der Waals surface area contributed by atoms with Crippen LogP contribution in [0.3, 0.4) is 0 Å². The fourth-order valence-electron chi connectivity index (χ4n) is 2.92. The van der Waals surface area contributed by atoms with E-state index >= 15 is 0 Å². The molecule has 2 aromatic rings. The molecule has 1 aliphatic heterocycles. The molecule has 0 saturated heterocycles. The second-order valence-corrected chi connectivity index (χ2v) is 7.60. The third-order valence-corrected chi connectivity index (χ3v) is 5.51. The minimum atomic E-state index is -0.417. The molecule has 1 aliphatic rings. The molecule has 0 bridgehead atoms. The summed E-state index contributed by atoms with van der Waals surface area (Å²) in [6.07, 6.45) is 1.08. The summed E-state index contributed by atoms with van der Waals surface area (Å²) in [7, 11) is 0. The summed E-state index contributed by atoms with van der Waals surface area (Å²) >= 11 is 1.32. The number of benzene rings is 2. The lowest BCUT2D eigenvalue weighted by Gasteiger charge is -2.20. The summed E-state index contributed by atoms with van der Waals surface area (Å²) < 4.78 is 10.8. The van der Waals surface area contributed by atoms with Gasteiger partial charge in [-0.05, 0) is 30.0 Å². The van der Waals surface area contributed by atoms with Gasteiger partial charge in [0.25, 0.3) is 5.69 Å². The van der Waals surface area contributed by atoms with Gasteiger partial charge in [-0.1, -0.05) is 37.7 Å². The van der Waals surface area contributed by atoms with Crippen LogP contribution in [0.15, 0.2) is 41.4 Å². The number of ether oxygens (including phenoxy) is 2. The topological polar surface area (TPSA) is 100.0 Å². The second kappa shape index (κ2) is 9.07. The number of non-ortho nitro benzene ring substituents is 1. The van der Waals surface area contributed by atoms with Gasteiger partial charge in [0.1, 0.15) is 5.75 Å². The van der Waals surface area contributed by atoms with E-state index in [-0.39, 0.29) is 12.5 Å². The third-order valence-electron chi connectivity index (χ3n) is 4.67. The van der Waals surface area contributed by atoms with Crippen LogP contribution in [-0.2, 0) is 17.1 Å². The van der Waals surface area contributed by atoms with Crippen molar-refractivity contribution in [2.24, 2.45) is 10.7 Å². The average molecular weight is 401 g/mol. The molecule has 148 valence electrons. The maximum Gasteiger partial charge on any atom is 0.270 e. The van der Waals surface area contributed by atoms with Crippen molar-refractivity contribution < 1.29 is 14.4 Å². The number of nitro benzene ring substituents is 1. The zero-order valence-corrected chi connectivity index (χ0v) is 16.7. The lowest BCUT2D eigenvalue weighted by atomic mass is 9.99. The van der Waals surface area contributed by atoms with Gasteiger partial charge in [-0.3, -0.25) is 10.1 Å². The molecule has 0 amide bonds. The summed E-state index contributed by atoms with van der Waals surface area (Å²) in [4.78, 5) is 15.2. The highest BCUT2D eigenvalue weighted by atomic mass is 32.2. The minimum Gasteiger partial charge on any atom is -0.467 e. The van der Waals surface area contributed by atoms with Crippen LogP contribution in [0.4, 0.5) is 11.4 Å². The van der Waals surface area contributed by atoms with Gasteiger partial charge >= 0.3 is 0 Å². The second-order valence-electron chi connectivity index (χ2n) is 6.60. The maximum atomic E-state index is 11.2. The zero-order valence-electron chi connectivity index (χ0n) is 15.9. The van der Waals surface area contributed by atoms with E-state index in [1.54, 1.807) is 0 Å². The molecule has 8 heteroatoms. The molecule has 1 heterocycles. The van der Waals surface area contributed by atoms with Crippen LogP contribution in [0.25, 0.3) is 0 Å². The normalized spacial score (nSPS) is 14.9. The van der Waals surface area contributed by atoms with Crippen LogP contribution in [0.5, 0.6) is 5.75 Å². The van der Waals surface area contributed by atoms with Crippen molar-refractivity contribution in [3.63, 3.8) is 0 Å². The number of fused-ring (bicyclic) bond motifs is 1. The molecular formula is C20H23N3O4S. The van der Waals surface area contributed by atoms with Crippen molar-refractivity contribution in [2.45, 2.75) is 38.5 Å². The van der Waals surface area contributed by atoms with Crippen molar-refractivity contribution in [3.05, 3.63) is 63.2 Å². The van der Waals surface area contributed by atoms with Crippen molar-refractivity contribution in [3.8, 4) is 5.75 Å². The Hall–Kier alpha value is -2.58. The van der Waals surface area contributed by atoms with E-state index in [4.69, 9.17) is 15.2 Å². The van der Waals surface area contributed by atoms with E-state index in [9.17, 15) is 10.1 Å². The summed E-state index contributed by atoms with van der Waals surface area (Å²) in [5.74, 6) is 1.56. The molecule has 7 nitrogen and oxygen atoms in total. The van der Waals surface area contributed by atoms with Crippen LogP contribution in [0, 0.1) is 10.1 Å². The molecule has 0 aliphatic carbocycles. The van der Waals surface area contributed by atoms with Gasteiger partial charge in [0, 0.05) is 29.0 Å².